The van der Waals surface area contributed by atoms with E-state index in [2.05, 4.69) is 77.5 Å². The summed E-state index contributed by atoms with van der Waals surface area (Å²) in [5, 5.41) is 9.55. The number of nitrogens with one attached hydrogen (secondary N) is 2. The van der Waals surface area contributed by atoms with Gasteiger partial charge in [-0.2, -0.15) is 0 Å². The smallest absolute Gasteiger partial charge is 0.171 e. The molecule has 122 valence electrons. The molecule has 0 fully saturated rings. The summed E-state index contributed by atoms with van der Waals surface area (Å²) in [7, 11) is 0. The Bertz CT molecular complexity index is 782. The lowest BCUT2D eigenvalue weighted by atomic mass is 10.1. The molecule has 3 rings (SSSR count). The second-order valence-electron chi connectivity index (χ2n) is 5.47. The quantitative estimate of drug-likeness (QED) is 0.602. The molecule has 2 aromatic carbocycles. The van der Waals surface area contributed by atoms with Gasteiger partial charge in [-0.3, -0.25) is 0 Å². The van der Waals surface area contributed by atoms with Crippen LogP contribution < -0.4 is 10.6 Å². The SMILES string of the molecule is CCc1ccccc1NC(=S)N[C@@H](c1ccccc1)c1cccs1. The number of rotatable bonds is 5. The minimum atomic E-state index is 0.0555. The summed E-state index contributed by atoms with van der Waals surface area (Å²) in [4.78, 5) is 1.24. The topological polar surface area (TPSA) is 24.1 Å². The molecule has 3 aromatic rings. The standard InChI is InChI=1S/C20H20N2S2/c1-2-15-9-6-7-12-17(15)21-20(23)22-19(18-13-8-14-24-18)16-10-4-3-5-11-16/h3-14,19H,2H2,1H3,(H2,21,22,23)/t19-/m0/s1. The second-order valence-corrected chi connectivity index (χ2v) is 6.86. The molecule has 0 amide bonds. The molecule has 0 aliphatic rings. The first kappa shape index (κ1) is 16.7. The van der Waals surface area contributed by atoms with Gasteiger partial charge in [-0.1, -0.05) is 61.5 Å². The van der Waals surface area contributed by atoms with Crippen LogP contribution in [-0.4, -0.2) is 5.11 Å². The summed E-state index contributed by atoms with van der Waals surface area (Å²) in [5.74, 6) is 0. The van der Waals surface area contributed by atoms with E-state index in [4.69, 9.17) is 12.2 Å². The highest BCUT2D eigenvalue weighted by Crippen LogP contribution is 2.26. The average molecular weight is 353 g/mol. The van der Waals surface area contributed by atoms with Crippen molar-refractivity contribution in [3.63, 3.8) is 0 Å². The number of thiocarbonyl (C=S) groups is 1. The summed E-state index contributed by atoms with van der Waals surface area (Å²) >= 11 is 7.31. The molecule has 0 radical (unpaired) electrons. The zero-order valence-corrected chi connectivity index (χ0v) is 15.2. The van der Waals surface area contributed by atoms with Crippen LogP contribution in [0.3, 0.4) is 0 Å². The molecular weight excluding hydrogens is 332 g/mol. The van der Waals surface area contributed by atoms with Crippen LogP contribution in [0, 0.1) is 0 Å². The number of para-hydroxylation sites is 1. The first-order valence-electron chi connectivity index (χ1n) is 8.01. The fourth-order valence-corrected chi connectivity index (χ4v) is 3.69. The summed E-state index contributed by atoms with van der Waals surface area (Å²) in [6.45, 7) is 2.15. The highest BCUT2D eigenvalue weighted by molar-refractivity contribution is 7.80. The largest absolute Gasteiger partial charge is 0.351 e. The summed E-state index contributed by atoms with van der Waals surface area (Å²) in [5.41, 5.74) is 3.53. The Morgan fingerprint density at radius 1 is 1.00 bits per heavy atom. The Balaban J connectivity index is 1.79. The zero-order valence-electron chi connectivity index (χ0n) is 13.5. The van der Waals surface area contributed by atoms with Crippen molar-refractivity contribution < 1.29 is 0 Å². The van der Waals surface area contributed by atoms with E-state index in [9.17, 15) is 0 Å². The maximum Gasteiger partial charge on any atom is 0.171 e. The Morgan fingerprint density at radius 2 is 1.75 bits per heavy atom. The van der Waals surface area contributed by atoms with Crippen LogP contribution in [0.25, 0.3) is 0 Å². The van der Waals surface area contributed by atoms with Crippen LogP contribution in [0.15, 0.2) is 72.1 Å². The highest BCUT2D eigenvalue weighted by atomic mass is 32.1. The van der Waals surface area contributed by atoms with Crippen molar-refractivity contribution in [2.75, 3.05) is 5.32 Å². The van der Waals surface area contributed by atoms with Gasteiger partial charge in [0.15, 0.2) is 5.11 Å². The molecule has 2 nitrogen and oxygen atoms in total. The number of thiophene rings is 1. The molecule has 0 spiro atoms. The molecule has 0 aliphatic heterocycles. The number of benzene rings is 2. The maximum atomic E-state index is 5.58. The maximum absolute atomic E-state index is 5.58. The van der Waals surface area contributed by atoms with Crippen molar-refractivity contribution >= 4 is 34.4 Å². The molecule has 0 saturated heterocycles. The van der Waals surface area contributed by atoms with Crippen molar-refractivity contribution in [3.05, 3.63) is 88.1 Å². The van der Waals surface area contributed by atoms with Crippen LogP contribution in [0.4, 0.5) is 5.69 Å². The van der Waals surface area contributed by atoms with Crippen molar-refractivity contribution in [1.82, 2.24) is 5.32 Å². The Kier molecular flexibility index (Phi) is 5.62. The molecule has 2 N–H and O–H groups in total. The minimum absolute atomic E-state index is 0.0555. The lowest BCUT2D eigenvalue weighted by molar-refractivity contribution is 0.784. The van der Waals surface area contributed by atoms with Crippen LogP contribution >= 0.6 is 23.6 Å². The van der Waals surface area contributed by atoms with E-state index in [0.717, 1.165) is 12.1 Å². The van der Waals surface area contributed by atoms with Crippen molar-refractivity contribution in [2.24, 2.45) is 0 Å². The fourth-order valence-electron chi connectivity index (χ4n) is 2.66. The van der Waals surface area contributed by atoms with E-state index in [1.165, 1.54) is 16.0 Å². The number of hydrogen-bond donors (Lipinski definition) is 2. The third-order valence-electron chi connectivity index (χ3n) is 3.88. The predicted octanol–water partition coefficient (Wildman–Crippen LogP) is 5.39. The summed E-state index contributed by atoms with van der Waals surface area (Å²) < 4.78 is 0. The molecule has 1 heterocycles. The number of aryl methyl sites for hydroxylation is 1. The Hall–Kier alpha value is -2.17. The van der Waals surface area contributed by atoms with E-state index < -0.39 is 0 Å². The molecule has 4 heteroatoms. The van der Waals surface area contributed by atoms with Crippen molar-refractivity contribution in [2.45, 2.75) is 19.4 Å². The lowest BCUT2D eigenvalue weighted by Gasteiger charge is -2.21. The molecule has 0 aliphatic carbocycles. The molecule has 0 saturated carbocycles. The van der Waals surface area contributed by atoms with E-state index in [0.29, 0.717) is 5.11 Å². The zero-order chi connectivity index (χ0) is 16.8. The monoisotopic (exact) mass is 352 g/mol. The van der Waals surface area contributed by atoms with Gasteiger partial charge < -0.3 is 10.6 Å². The molecule has 0 unspecified atom stereocenters. The van der Waals surface area contributed by atoms with Gasteiger partial charge in [-0.25, -0.2) is 0 Å². The fraction of sp³-hybridized carbons (Fsp3) is 0.150. The van der Waals surface area contributed by atoms with E-state index in [-0.39, 0.29) is 6.04 Å². The van der Waals surface area contributed by atoms with Crippen molar-refractivity contribution in [3.8, 4) is 0 Å². The van der Waals surface area contributed by atoms with E-state index in [1.807, 2.05) is 12.1 Å². The number of hydrogen-bond acceptors (Lipinski definition) is 2. The van der Waals surface area contributed by atoms with Gasteiger partial charge in [-0.15, -0.1) is 11.3 Å². The van der Waals surface area contributed by atoms with Gasteiger partial charge in [0.1, 0.15) is 0 Å². The van der Waals surface area contributed by atoms with Crippen LogP contribution in [0.1, 0.15) is 29.0 Å². The van der Waals surface area contributed by atoms with Gasteiger partial charge in [0.25, 0.3) is 0 Å². The normalized spacial score (nSPS) is 11.7. The molecule has 1 atom stereocenters. The van der Waals surface area contributed by atoms with Crippen LogP contribution in [-0.2, 0) is 6.42 Å². The highest BCUT2D eigenvalue weighted by Gasteiger charge is 2.16. The Labute approximate surface area is 152 Å². The second kappa shape index (κ2) is 8.08. The molecule has 24 heavy (non-hydrogen) atoms. The third kappa shape index (κ3) is 4.02. The summed E-state index contributed by atoms with van der Waals surface area (Å²) in [6, 6.07) is 22.9. The van der Waals surface area contributed by atoms with Crippen LogP contribution in [0.5, 0.6) is 0 Å². The van der Waals surface area contributed by atoms with Crippen LogP contribution in [0.2, 0.25) is 0 Å². The molecule has 1 aromatic heterocycles. The lowest BCUT2D eigenvalue weighted by Crippen LogP contribution is -2.32. The van der Waals surface area contributed by atoms with E-state index in [1.54, 1.807) is 11.3 Å². The van der Waals surface area contributed by atoms with Gasteiger partial charge in [0.05, 0.1) is 6.04 Å². The van der Waals surface area contributed by atoms with Gasteiger partial charge in [0, 0.05) is 10.6 Å². The van der Waals surface area contributed by atoms with Crippen molar-refractivity contribution in [1.29, 1.82) is 0 Å². The third-order valence-corrected chi connectivity index (χ3v) is 5.04. The number of anilines is 1. The van der Waals surface area contributed by atoms with Gasteiger partial charge in [-0.05, 0) is 47.3 Å². The molecular formula is C20H20N2S2. The van der Waals surface area contributed by atoms with Gasteiger partial charge in [0.2, 0.25) is 0 Å². The average Bonchev–Trinajstić information content (AvgIpc) is 3.15. The summed E-state index contributed by atoms with van der Waals surface area (Å²) in [6.07, 6.45) is 0.971. The minimum Gasteiger partial charge on any atom is -0.351 e. The molecule has 0 bridgehead atoms. The first-order chi connectivity index (χ1) is 11.8. The van der Waals surface area contributed by atoms with Gasteiger partial charge >= 0.3 is 0 Å². The first-order valence-corrected chi connectivity index (χ1v) is 9.30. The predicted molar refractivity (Wildman–Crippen MR) is 108 cm³/mol. The van der Waals surface area contributed by atoms with E-state index >= 15 is 0 Å². The Morgan fingerprint density at radius 3 is 2.46 bits per heavy atom.